The van der Waals surface area contributed by atoms with Gasteiger partial charge < -0.3 is 5.11 Å². The van der Waals surface area contributed by atoms with Crippen LogP contribution in [0.5, 0.6) is 11.5 Å². The van der Waals surface area contributed by atoms with Crippen molar-refractivity contribution in [3.8, 4) is 22.6 Å². The minimum atomic E-state index is -0.495. The number of carbonyl (C=O) groups is 1. The van der Waals surface area contributed by atoms with Crippen molar-refractivity contribution in [3.05, 3.63) is 83.9 Å². The number of halogens is 1. The average Bonchev–Trinajstić information content (AvgIpc) is 2.63. The number of benzene rings is 3. The fraction of sp³-hybridized carbons (Fsp3) is 0.0500. The molecule has 3 rings (SSSR count). The van der Waals surface area contributed by atoms with Crippen LogP contribution in [0.2, 0.25) is 5.02 Å². The molecular formula is C20H17ClO4. The molecule has 0 fully saturated rings. The van der Waals surface area contributed by atoms with E-state index in [0.717, 1.165) is 5.56 Å². The van der Waals surface area contributed by atoms with Crippen LogP contribution < -0.4 is 4.89 Å². The second kappa shape index (κ2) is 9.35. The van der Waals surface area contributed by atoms with Gasteiger partial charge in [0.1, 0.15) is 5.75 Å². The molecule has 0 aliphatic heterocycles. The molecule has 25 heavy (non-hydrogen) atoms. The van der Waals surface area contributed by atoms with E-state index in [1.54, 1.807) is 36.4 Å². The van der Waals surface area contributed by atoms with Gasteiger partial charge in [0.15, 0.2) is 5.75 Å². The Labute approximate surface area is 151 Å². The van der Waals surface area contributed by atoms with Gasteiger partial charge in [-0.1, -0.05) is 54.1 Å². The maximum absolute atomic E-state index is 10.3. The molecule has 0 bridgehead atoms. The molecule has 0 unspecified atom stereocenters. The molecule has 0 radical (unpaired) electrons. The number of phenols is 1. The smallest absolute Gasteiger partial charge is 0.352 e. The highest BCUT2D eigenvalue weighted by molar-refractivity contribution is 6.30. The molecule has 0 aromatic heterocycles. The summed E-state index contributed by atoms with van der Waals surface area (Å²) in [6, 6.07) is 23.8. The molecule has 0 atom stereocenters. The standard InChI is InChI=1S/C12H10O.C8H7ClO3/c13-12-8-6-11(7-9-12)10-4-2-1-3-5-10;1-6(10)11-12-8-4-2-7(9)3-5-8/h1-9,13H;2-5H,1H3. The third kappa shape index (κ3) is 6.57. The predicted molar refractivity (Wildman–Crippen MR) is 97.4 cm³/mol. The Bertz CT molecular complexity index is 784. The fourth-order valence-electron chi connectivity index (χ4n) is 1.88. The van der Waals surface area contributed by atoms with Gasteiger partial charge in [-0.3, -0.25) is 9.78 Å². The zero-order valence-electron chi connectivity index (χ0n) is 13.6. The van der Waals surface area contributed by atoms with Gasteiger partial charge in [-0.05, 0) is 47.5 Å². The molecule has 0 spiro atoms. The Balaban J connectivity index is 0.000000181. The lowest BCUT2D eigenvalue weighted by molar-refractivity contribution is -0.210. The van der Waals surface area contributed by atoms with Crippen molar-refractivity contribution in [1.29, 1.82) is 0 Å². The van der Waals surface area contributed by atoms with E-state index in [1.165, 1.54) is 12.5 Å². The monoisotopic (exact) mass is 356 g/mol. The van der Waals surface area contributed by atoms with E-state index in [4.69, 9.17) is 16.7 Å². The van der Waals surface area contributed by atoms with Crippen molar-refractivity contribution < 1.29 is 19.7 Å². The van der Waals surface area contributed by atoms with Crippen molar-refractivity contribution in [3.63, 3.8) is 0 Å². The van der Waals surface area contributed by atoms with Gasteiger partial charge in [-0.2, -0.15) is 0 Å². The topological polar surface area (TPSA) is 55.8 Å². The second-order valence-corrected chi connectivity index (χ2v) is 5.46. The van der Waals surface area contributed by atoms with Gasteiger partial charge in [0.05, 0.1) is 0 Å². The van der Waals surface area contributed by atoms with Crippen LogP contribution in [-0.2, 0) is 9.68 Å². The van der Waals surface area contributed by atoms with Gasteiger partial charge in [0.2, 0.25) is 0 Å². The summed E-state index contributed by atoms with van der Waals surface area (Å²) < 4.78 is 0. The van der Waals surface area contributed by atoms with E-state index in [1.807, 2.05) is 42.5 Å². The van der Waals surface area contributed by atoms with Crippen molar-refractivity contribution in [2.75, 3.05) is 0 Å². The predicted octanol–water partition coefficient (Wildman–Crippen LogP) is 5.26. The summed E-state index contributed by atoms with van der Waals surface area (Å²) in [6.45, 7) is 1.26. The van der Waals surface area contributed by atoms with E-state index in [9.17, 15) is 4.79 Å². The van der Waals surface area contributed by atoms with Gasteiger partial charge >= 0.3 is 5.97 Å². The number of aromatic hydroxyl groups is 1. The minimum absolute atomic E-state index is 0.305. The summed E-state index contributed by atoms with van der Waals surface area (Å²) >= 11 is 5.61. The highest BCUT2D eigenvalue weighted by atomic mass is 35.5. The summed E-state index contributed by atoms with van der Waals surface area (Å²) in [5.41, 5.74) is 2.29. The Kier molecular flexibility index (Phi) is 6.87. The second-order valence-electron chi connectivity index (χ2n) is 5.03. The first-order valence-electron chi connectivity index (χ1n) is 7.50. The van der Waals surface area contributed by atoms with Crippen LogP contribution >= 0.6 is 11.6 Å². The van der Waals surface area contributed by atoms with Gasteiger partial charge in [0.25, 0.3) is 0 Å². The number of carbonyl (C=O) groups excluding carboxylic acids is 1. The van der Waals surface area contributed by atoms with Crippen LogP contribution in [0.15, 0.2) is 78.9 Å². The molecule has 3 aromatic rings. The summed E-state index contributed by atoms with van der Waals surface area (Å²) in [7, 11) is 0. The SMILES string of the molecule is CC(=O)OOc1ccc(Cl)cc1.Oc1ccc(-c2ccccc2)cc1. The summed E-state index contributed by atoms with van der Waals surface area (Å²) in [6.07, 6.45) is 0. The quantitative estimate of drug-likeness (QED) is 0.514. The Morgan fingerprint density at radius 3 is 1.96 bits per heavy atom. The van der Waals surface area contributed by atoms with E-state index in [2.05, 4.69) is 9.78 Å². The van der Waals surface area contributed by atoms with Gasteiger partial charge in [-0.15, -0.1) is 0 Å². The van der Waals surface area contributed by atoms with Crippen LogP contribution in [-0.4, -0.2) is 11.1 Å². The van der Waals surface area contributed by atoms with Gasteiger partial charge in [-0.25, -0.2) is 4.79 Å². The highest BCUT2D eigenvalue weighted by Crippen LogP contribution is 2.21. The molecule has 128 valence electrons. The molecule has 3 aromatic carbocycles. The first-order chi connectivity index (χ1) is 12.0. The minimum Gasteiger partial charge on any atom is -0.508 e. The van der Waals surface area contributed by atoms with Crippen LogP contribution in [0, 0.1) is 0 Å². The molecule has 4 nitrogen and oxygen atoms in total. The Morgan fingerprint density at radius 1 is 0.840 bits per heavy atom. The molecule has 0 amide bonds. The lowest BCUT2D eigenvalue weighted by Crippen LogP contribution is -2.02. The first kappa shape index (κ1) is 18.4. The van der Waals surface area contributed by atoms with Crippen molar-refractivity contribution in [2.24, 2.45) is 0 Å². The number of rotatable bonds is 3. The molecule has 0 aliphatic rings. The molecule has 0 heterocycles. The third-order valence-corrected chi connectivity index (χ3v) is 3.30. The van der Waals surface area contributed by atoms with Crippen LogP contribution in [0.4, 0.5) is 0 Å². The maximum Gasteiger partial charge on any atom is 0.352 e. The van der Waals surface area contributed by atoms with E-state index >= 15 is 0 Å². The molecule has 0 aliphatic carbocycles. The fourth-order valence-corrected chi connectivity index (χ4v) is 2.01. The maximum atomic E-state index is 10.3. The van der Waals surface area contributed by atoms with Crippen molar-refractivity contribution >= 4 is 17.6 Å². The summed E-state index contributed by atoms with van der Waals surface area (Å²) in [5.74, 6) is 0.249. The lowest BCUT2D eigenvalue weighted by atomic mass is 10.1. The summed E-state index contributed by atoms with van der Waals surface area (Å²) in [5, 5.41) is 9.71. The Hall–Kier alpha value is -2.98. The van der Waals surface area contributed by atoms with Crippen molar-refractivity contribution in [2.45, 2.75) is 6.92 Å². The molecule has 1 N–H and O–H groups in total. The van der Waals surface area contributed by atoms with Gasteiger partial charge in [0, 0.05) is 11.9 Å². The van der Waals surface area contributed by atoms with Crippen LogP contribution in [0.3, 0.4) is 0 Å². The molecule has 0 saturated carbocycles. The molecule has 0 saturated heterocycles. The number of phenolic OH excluding ortho intramolecular Hbond substituents is 1. The molecule has 5 heteroatoms. The van der Waals surface area contributed by atoms with Crippen LogP contribution in [0.25, 0.3) is 11.1 Å². The van der Waals surface area contributed by atoms with Crippen molar-refractivity contribution in [1.82, 2.24) is 0 Å². The average molecular weight is 357 g/mol. The van der Waals surface area contributed by atoms with E-state index in [-0.39, 0.29) is 0 Å². The first-order valence-corrected chi connectivity index (χ1v) is 7.87. The largest absolute Gasteiger partial charge is 0.508 e. The zero-order valence-corrected chi connectivity index (χ0v) is 14.3. The van der Waals surface area contributed by atoms with E-state index in [0.29, 0.717) is 16.5 Å². The third-order valence-electron chi connectivity index (χ3n) is 3.04. The van der Waals surface area contributed by atoms with Crippen LogP contribution in [0.1, 0.15) is 6.92 Å². The number of hydrogen-bond donors (Lipinski definition) is 1. The highest BCUT2D eigenvalue weighted by Gasteiger charge is 1.97. The normalized spacial score (nSPS) is 9.52. The zero-order chi connectivity index (χ0) is 18.1. The molecular weight excluding hydrogens is 340 g/mol. The Morgan fingerprint density at radius 2 is 1.40 bits per heavy atom. The lowest BCUT2D eigenvalue weighted by Gasteiger charge is -2.00. The number of hydrogen-bond acceptors (Lipinski definition) is 4. The summed E-state index contributed by atoms with van der Waals surface area (Å²) in [4.78, 5) is 19.2. The van der Waals surface area contributed by atoms with E-state index < -0.39 is 5.97 Å².